The van der Waals surface area contributed by atoms with Crippen molar-refractivity contribution < 1.29 is 4.79 Å². The average molecular weight is 640 g/mol. The Morgan fingerprint density at radius 1 is 1.19 bits per heavy atom. The second-order valence-corrected chi connectivity index (χ2v) is 12.6. The van der Waals surface area contributed by atoms with Crippen LogP contribution in [0.2, 0.25) is 10.0 Å². The van der Waals surface area contributed by atoms with Crippen LogP contribution in [0.5, 0.6) is 0 Å². The summed E-state index contributed by atoms with van der Waals surface area (Å²) in [4.78, 5) is 19.9. The number of nitrogens with one attached hydrogen (secondary N) is 2. The Kier molecular flexibility index (Phi) is 12.3. The van der Waals surface area contributed by atoms with Crippen molar-refractivity contribution in [1.82, 2.24) is 25.1 Å². The predicted octanol–water partition coefficient (Wildman–Crippen LogP) is 6.89. The van der Waals surface area contributed by atoms with Crippen LogP contribution < -0.4 is 10.6 Å². The van der Waals surface area contributed by atoms with Gasteiger partial charge < -0.3 is 20.1 Å². The molecule has 1 heterocycles. The van der Waals surface area contributed by atoms with Crippen LogP contribution in [0, 0.1) is 17.2 Å². The molecule has 1 fully saturated rings. The van der Waals surface area contributed by atoms with Crippen molar-refractivity contribution in [2.24, 2.45) is 5.92 Å². The molecule has 228 valence electrons. The second kappa shape index (κ2) is 16.1. The number of carbonyl (C=O) groups excluding carboxylic acids is 1. The fourth-order valence-electron chi connectivity index (χ4n) is 5.44. The van der Waals surface area contributed by atoms with Gasteiger partial charge in [0.25, 0.3) is 0 Å². The van der Waals surface area contributed by atoms with E-state index in [1.165, 1.54) is 19.3 Å². The van der Waals surface area contributed by atoms with E-state index < -0.39 is 0 Å². The van der Waals surface area contributed by atoms with Crippen molar-refractivity contribution in [2.45, 2.75) is 84.0 Å². The molecule has 3 aromatic rings. The van der Waals surface area contributed by atoms with Crippen molar-refractivity contribution in [2.75, 3.05) is 6.54 Å². The number of aromatic nitrogens is 2. The van der Waals surface area contributed by atoms with Crippen molar-refractivity contribution in [3.05, 3.63) is 87.4 Å². The number of nitriles is 1. The van der Waals surface area contributed by atoms with E-state index in [2.05, 4.69) is 40.4 Å². The van der Waals surface area contributed by atoms with Crippen LogP contribution in [0.15, 0.2) is 55.0 Å². The number of benzene rings is 2. The zero-order valence-corrected chi connectivity index (χ0v) is 27.2. The minimum atomic E-state index is -0.142. The highest BCUT2D eigenvalue weighted by atomic mass is 35.5. The van der Waals surface area contributed by atoms with Gasteiger partial charge >= 0.3 is 0 Å². The molecule has 2 aromatic carbocycles. The summed E-state index contributed by atoms with van der Waals surface area (Å²) in [6.45, 7) is 5.87. The van der Waals surface area contributed by atoms with Gasteiger partial charge in [0.15, 0.2) is 5.11 Å². The van der Waals surface area contributed by atoms with Gasteiger partial charge in [0, 0.05) is 43.6 Å². The van der Waals surface area contributed by atoms with Crippen LogP contribution in [0.4, 0.5) is 0 Å². The van der Waals surface area contributed by atoms with E-state index in [1.807, 2.05) is 28.8 Å². The van der Waals surface area contributed by atoms with Gasteiger partial charge in [-0.3, -0.25) is 4.79 Å². The van der Waals surface area contributed by atoms with E-state index in [4.69, 9.17) is 40.7 Å². The SMILES string of the molecule is CCC(C)C(CN(Cc1cccc(Cl)c1Cl)C(=S)NC1CCCCC1)NC(=O)Cc1cncn1Cc1ccc(C#N)cc1. The fourth-order valence-corrected chi connectivity index (χ4v) is 6.13. The Labute approximate surface area is 270 Å². The third-order valence-corrected chi connectivity index (χ3v) is 9.52. The van der Waals surface area contributed by atoms with Crippen LogP contribution in [0.25, 0.3) is 0 Å². The predicted molar refractivity (Wildman–Crippen MR) is 177 cm³/mol. The van der Waals surface area contributed by atoms with Gasteiger partial charge in [0.05, 0.1) is 34.4 Å². The molecular weight excluding hydrogens is 599 g/mol. The summed E-state index contributed by atoms with van der Waals surface area (Å²) < 4.78 is 1.97. The largest absolute Gasteiger partial charge is 0.360 e. The second-order valence-electron chi connectivity index (χ2n) is 11.4. The number of imidazole rings is 1. The summed E-state index contributed by atoms with van der Waals surface area (Å²) in [6, 6.07) is 15.4. The lowest BCUT2D eigenvalue weighted by molar-refractivity contribution is -0.121. The Hall–Kier alpha value is -3.12. The first-order chi connectivity index (χ1) is 20.8. The van der Waals surface area contributed by atoms with Crippen molar-refractivity contribution in [1.29, 1.82) is 5.26 Å². The molecule has 1 saturated carbocycles. The monoisotopic (exact) mass is 638 g/mol. The Balaban J connectivity index is 1.47. The first kappa shape index (κ1) is 32.8. The summed E-state index contributed by atoms with van der Waals surface area (Å²) in [5.74, 6) is 0.140. The first-order valence-electron chi connectivity index (χ1n) is 15.0. The molecule has 1 amide bonds. The third-order valence-electron chi connectivity index (χ3n) is 8.28. The number of rotatable bonds is 12. The molecule has 2 atom stereocenters. The summed E-state index contributed by atoms with van der Waals surface area (Å²) in [5, 5.41) is 17.7. The molecule has 1 aliphatic carbocycles. The molecule has 1 aliphatic rings. The maximum atomic E-state index is 13.5. The van der Waals surface area contributed by atoms with Gasteiger partial charge in [0.1, 0.15) is 0 Å². The molecule has 0 spiro atoms. The molecular formula is C33H40Cl2N6OS. The van der Waals surface area contributed by atoms with Crippen molar-refractivity contribution in [3.63, 3.8) is 0 Å². The number of hydrogen-bond donors (Lipinski definition) is 2. The van der Waals surface area contributed by atoms with Gasteiger partial charge in [-0.25, -0.2) is 4.98 Å². The lowest BCUT2D eigenvalue weighted by atomic mass is 9.95. The Bertz CT molecular complexity index is 1410. The molecule has 0 radical (unpaired) electrons. The fraction of sp³-hybridized carbons (Fsp3) is 0.455. The number of nitrogens with zero attached hydrogens (tertiary/aromatic N) is 4. The topological polar surface area (TPSA) is 86.0 Å². The van der Waals surface area contributed by atoms with E-state index in [9.17, 15) is 4.79 Å². The van der Waals surface area contributed by atoms with Crippen LogP contribution in [0.1, 0.15) is 74.8 Å². The third kappa shape index (κ3) is 9.43. The van der Waals surface area contributed by atoms with Crippen LogP contribution in [-0.4, -0.2) is 44.1 Å². The number of hydrogen-bond acceptors (Lipinski definition) is 4. The summed E-state index contributed by atoms with van der Waals surface area (Å²) >= 11 is 18.9. The maximum Gasteiger partial charge on any atom is 0.226 e. The first-order valence-corrected chi connectivity index (χ1v) is 16.2. The summed E-state index contributed by atoms with van der Waals surface area (Å²) in [7, 11) is 0. The van der Waals surface area contributed by atoms with Crippen LogP contribution in [-0.2, 0) is 24.3 Å². The smallest absolute Gasteiger partial charge is 0.226 e. The van der Waals surface area contributed by atoms with Crippen LogP contribution >= 0.6 is 35.4 Å². The number of halogens is 2. The van der Waals surface area contributed by atoms with Gasteiger partial charge in [-0.15, -0.1) is 0 Å². The molecule has 0 saturated heterocycles. The number of thiocarbonyl (C=S) groups is 1. The normalized spacial score (nSPS) is 14.9. The van der Waals surface area contributed by atoms with E-state index >= 15 is 0 Å². The van der Waals surface area contributed by atoms with E-state index in [1.54, 1.807) is 30.7 Å². The lowest BCUT2D eigenvalue weighted by Gasteiger charge is -2.35. The number of carbonyl (C=O) groups is 1. The van der Waals surface area contributed by atoms with Gasteiger partial charge in [-0.2, -0.15) is 5.26 Å². The zero-order chi connectivity index (χ0) is 30.8. The van der Waals surface area contributed by atoms with Crippen molar-refractivity contribution >= 4 is 46.4 Å². The van der Waals surface area contributed by atoms with Crippen LogP contribution in [0.3, 0.4) is 0 Å². The van der Waals surface area contributed by atoms with Crippen molar-refractivity contribution in [3.8, 4) is 6.07 Å². The molecule has 1 aromatic heterocycles. The molecule has 2 N–H and O–H groups in total. The molecule has 0 bridgehead atoms. The maximum absolute atomic E-state index is 13.5. The summed E-state index contributed by atoms with van der Waals surface area (Å²) in [6.07, 6.45) is 10.4. The van der Waals surface area contributed by atoms with Gasteiger partial charge in [-0.05, 0) is 60.3 Å². The van der Waals surface area contributed by atoms with E-state index in [-0.39, 0.29) is 24.3 Å². The average Bonchev–Trinajstić information content (AvgIpc) is 3.44. The highest BCUT2D eigenvalue weighted by molar-refractivity contribution is 7.80. The molecule has 10 heteroatoms. The molecule has 2 unspecified atom stereocenters. The summed E-state index contributed by atoms with van der Waals surface area (Å²) in [5.41, 5.74) is 3.36. The quantitative estimate of drug-likeness (QED) is 0.210. The molecule has 43 heavy (non-hydrogen) atoms. The number of amides is 1. The highest BCUT2D eigenvalue weighted by Gasteiger charge is 2.26. The highest BCUT2D eigenvalue weighted by Crippen LogP contribution is 2.27. The zero-order valence-electron chi connectivity index (χ0n) is 24.9. The molecule has 0 aliphatic heterocycles. The molecule has 4 rings (SSSR count). The molecule has 7 nitrogen and oxygen atoms in total. The lowest BCUT2D eigenvalue weighted by Crippen LogP contribution is -2.52. The van der Waals surface area contributed by atoms with E-state index in [0.29, 0.717) is 46.4 Å². The van der Waals surface area contributed by atoms with E-state index in [0.717, 1.165) is 36.1 Å². The van der Waals surface area contributed by atoms with Gasteiger partial charge in [0.2, 0.25) is 5.91 Å². The Morgan fingerprint density at radius 3 is 2.63 bits per heavy atom. The van der Waals surface area contributed by atoms with Gasteiger partial charge in [-0.1, -0.05) is 87.0 Å². The minimum absolute atomic E-state index is 0.0706. The Morgan fingerprint density at radius 2 is 1.93 bits per heavy atom. The minimum Gasteiger partial charge on any atom is -0.360 e. The standard InChI is InChI=1S/C33H40Cl2N6OS/c1-3-23(2)30(39-31(42)16-28-18-37-22-41(28)19-25-14-12-24(17-36)13-15-25)21-40(20-26-8-7-11-29(34)32(26)35)33(43)38-27-9-5-4-6-10-27/h7-8,11-15,18,22-23,27,30H,3-6,9-10,16,19-21H2,1-2H3,(H,38,43)(H,39,42).